The van der Waals surface area contributed by atoms with Crippen LogP contribution in [0.25, 0.3) is 0 Å². The highest BCUT2D eigenvalue weighted by Crippen LogP contribution is 2.29. The molecule has 0 amide bonds. The quantitative estimate of drug-likeness (QED) is 0.508. The lowest BCUT2D eigenvalue weighted by molar-refractivity contribution is 1.04. The number of halogens is 1. The summed E-state index contributed by atoms with van der Waals surface area (Å²) in [6.07, 6.45) is 1.99. The van der Waals surface area contributed by atoms with Gasteiger partial charge in [0.05, 0.1) is 5.69 Å². The highest BCUT2D eigenvalue weighted by molar-refractivity contribution is 9.10. The molecule has 0 spiro atoms. The molecule has 0 N–H and O–H groups in total. The monoisotopic (exact) mass is 253 g/mol. The second-order valence-corrected chi connectivity index (χ2v) is 4.36. The first-order chi connectivity index (χ1) is 6.27. The molecule has 1 heterocycles. The Morgan fingerprint density at radius 2 is 2.31 bits per heavy atom. The summed E-state index contributed by atoms with van der Waals surface area (Å²) in [5.41, 5.74) is 2.53. The van der Waals surface area contributed by atoms with E-state index in [1.165, 1.54) is 11.3 Å². The fourth-order valence-corrected chi connectivity index (χ4v) is 2.05. The summed E-state index contributed by atoms with van der Waals surface area (Å²) in [6, 6.07) is 9.37. The fourth-order valence-electron chi connectivity index (χ4n) is 1.37. The molecule has 1 aromatic rings. The second-order valence-electron chi connectivity index (χ2n) is 2.93. The van der Waals surface area contributed by atoms with Crippen molar-refractivity contribution in [2.45, 2.75) is 12.8 Å². The maximum atomic E-state index is 3.46. The molecule has 0 aliphatic carbocycles. The number of nitrogens with zero attached hydrogens (tertiary/aromatic N) is 1. The molecule has 1 aromatic carbocycles. The molecule has 1 nitrogen and oxygen atoms in total. The van der Waals surface area contributed by atoms with Crippen molar-refractivity contribution in [2.24, 2.45) is 0 Å². The predicted molar refractivity (Wildman–Crippen MR) is 62.4 cm³/mol. The lowest BCUT2D eigenvalue weighted by Crippen LogP contribution is -2.01. The minimum atomic E-state index is 0.944. The molecular formula is C10H9BrNP. The number of fused-ring (bicyclic) bond motifs is 1. The van der Waals surface area contributed by atoms with Gasteiger partial charge in [0.1, 0.15) is 0 Å². The van der Waals surface area contributed by atoms with Gasteiger partial charge >= 0.3 is 0 Å². The van der Waals surface area contributed by atoms with E-state index in [2.05, 4.69) is 55.5 Å². The van der Waals surface area contributed by atoms with E-state index in [4.69, 9.17) is 0 Å². The van der Waals surface area contributed by atoms with Gasteiger partial charge in [0.25, 0.3) is 0 Å². The molecule has 1 unspecified atom stereocenters. The Morgan fingerprint density at radius 1 is 1.46 bits per heavy atom. The van der Waals surface area contributed by atoms with Crippen molar-refractivity contribution in [3.8, 4) is 12.0 Å². The third-order valence-electron chi connectivity index (χ3n) is 2.03. The van der Waals surface area contributed by atoms with Crippen LogP contribution in [0.4, 0.5) is 5.69 Å². The van der Waals surface area contributed by atoms with Crippen LogP contribution in [0.2, 0.25) is 0 Å². The molecule has 0 saturated heterocycles. The molecule has 3 heteroatoms. The summed E-state index contributed by atoms with van der Waals surface area (Å²) >= 11 is 3.46. The summed E-state index contributed by atoms with van der Waals surface area (Å²) in [6.45, 7) is 0. The molecule has 13 heavy (non-hydrogen) atoms. The van der Waals surface area contributed by atoms with Crippen LogP contribution in [0.15, 0.2) is 22.7 Å². The van der Waals surface area contributed by atoms with Crippen LogP contribution in [-0.2, 0) is 6.42 Å². The maximum absolute atomic E-state index is 3.46. The number of benzene rings is 1. The first-order valence-corrected chi connectivity index (χ1v) is 5.40. The normalized spacial score (nSPS) is 14.2. The van der Waals surface area contributed by atoms with E-state index >= 15 is 0 Å². The molecule has 0 fully saturated rings. The summed E-state index contributed by atoms with van der Waals surface area (Å²) in [5, 5.41) is 0. The van der Waals surface area contributed by atoms with Gasteiger partial charge in [0, 0.05) is 16.9 Å². The van der Waals surface area contributed by atoms with Gasteiger partial charge in [0.2, 0.25) is 0 Å². The van der Waals surface area contributed by atoms with Crippen LogP contribution in [0.3, 0.4) is 0 Å². The largest absolute Gasteiger partial charge is 0.286 e. The summed E-state index contributed by atoms with van der Waals surface area (Å²) in [5.74, 6) is 3.10. The van der Waals surface area contributed by atoms with Crippen molar-refractivity contribution < 1.29 is 0 Å². The van der Waals surface area contributed by atoms with Crippen molar-refractivity contribution in [2.75, 3.05) is 4.67 Å². The van der Waals surface area contributed by atoms with Crippen molar-refractivity contribution in [1.82, 2.24) is 0 Å². The number of rotatable bonds is 0. The molecule has 1 aliphatic heterocycles. The lowest BCUT2D eigenvalue weighted by atomic mass is 10.1. The molecule has 2 rings (SSSR count). The molecule has 66 valence electrons. The minimum absolute atomic E-state index is 0.944. The smallest absolute Gasteiger partial charge is 0.0566 e. The first kappa shape index (κ1) is 9.06. The Kier molecular flexibility index (Phi) is 2.58. The average Bonchev–Trinajstić information content (AvgIpc) is 2.29. The van der Waals surface area contributed by atoms with E-state index < -0.39 is 0 Å². The Hall–Kier alpha value is -0.510. The minimum Gasteiger partial charge on any atom is -0.286 e. The van der Waals surface area contributed by atoms with Gasteiger partial charge < -0.3 is 0 Å². The number of hydrogen-bond acceptors (Lipinski definition) is 1. The second kappa shape index (κ2) is 3.70. The van der Waals surface area contributed by atoms with Gasteiger partial charge in [-0.05, 0) is 33.5 Å². The van der Waals surface area contributed by atoms with Crippen LogP contribution >= 0.6 is 25.3 Å². The van der Waals surface area contributed by atoms with E-state index in [1.807, 2.05) is 4.67 Å². The van der Waals surface area contributed by atoms with Gasteiger partial charge in [-0.3, -0.25) is 4.67 Å². The Bertz CT molecular complexity index is 392. The predicted octanol–water partition coefficient (Wildman–Crippen LogP) is 2.95. The Morgan fingerprint density at radius 3 is 3.15 bits per heavy atom. The number of hydrogen-bond donors (Lipinski definition) is 0. The van der Waals surface area contributed by atoms with Crippen molar-refractivity contribution in [3.63, 3.8) is 0 Å². The van der Waals surface area contributed by atoms with Gasteiger partial charge in [0.15, 0.2) is 0 Å². The highest BCUT2D eigenvalue weighted by Gasteiger charge is 2.08. The van der Waals surface area contributed by atoms with Crippen LogP contribution in [-0.4, -0.2) is 0 Å². The zero-order valence-electron chi connectivity index (χ0n) is 7.05. The zero-order chi connectivity index (χ0) is 9.26. The van der Waals surface area contributed by atoms with Gasteiger partial charge in [-0.15, -0.1) is 0 Å². The zero-order valence-corrected chi connectivity index (χ0v) is 9.79. The topological polar surface area (TPSA) is 3.24 Å². The molecule has 1 aliphatic rings. The molecule has 0 bridgehead atoms. The van der Waals surface area contributed by atoms with E-state index in [-0.39, 0.29) is 0 Å². The van der Waals surface area contributed by atoms with Crippen LogP contribution in [0.5, 0.6) is 0 Å². The molecule has 1 atom stereocenters. The van der Waals surface area contributed by atoms with E-state index in [0.29, 0.717) is 0 Å². The van der Waals surface area contributed by atoms with Crippen molar-refractivity contribution in [1.29, 1.82) is 0 Å². The molecular weight excluding hydrogens is 245 g/mol. The Labute approximate surface area is 88.9 Å². The molecule has 0 saturated carbocycles. The first-order valence-electron chi connectivity index (χ1n) is 4.09. The third-order valence-corrected chi connectivity index (χ3v) is 2.93. The number of aryl methyl sites for hydroxylation is 1. The lowest BCUT2D eigenvalue weighted by Gasteiger charge is -2.13. The van der Waals surface area contributed by atoms with Crippen LogP contribution < -0.4 is 4.67 Å². The summed E-state index contributed by atoms with van der Waals surface area (Å²) in [7, 11) is 2.63. The van der Waals surface area contributed by atoms with Crippen molar-refractivity contribution in [3.05, 3.63) is 28.2 Å². The standard InChI is InChI=1S/C10H9BrNP/c11-9-5-4-8-3-1-2-6-12(13)10(8)7-9/h4-5,7H,1,3,13H2. The summed E-state index contributed by atoms with van der Waals surface area (Å²) < 4.78 is 3.01. The van der Waals surface area contributed by atoms with E-state index in [1.54, 1.807) is 0 Å². The molecule has 0 aromatic heterocycles. The summed E-state index contributed by atoms with van der Waals surface area (Å²) in [4.78, 5) is 0. The fraction of sp³-hybridized carbons (Fsp3) is 0.200. The average molecular weight is 254 g/mol. The number of anilines is 1. The van der Waals surface area contributed by atoms with E-state index in [9.17, 15) is 0 Å². The van der Waals surface area contributed by atoms with Gasteiger partial charge in [-0.1, -0.05) is 27.9 Å². The van der Waals surface area contributed by atoms with Crippen LogP contribution in [0, 0.1) is 12.0 Å². The highest BCUT2D eigenvalue weighted by atomic mass is 79.9. The molecule has 0 radical (unpaired) electrons. The maximum Gasteiger partial charge on any atom is 0.0566 e. The van der Waals surface area contributed by atoms with Gasteiger partial charge in [-0.2, -0.15) is 0 Å². The third kappa shape index (κ3) is 1.88. The van der Waals surface area contributed by atoms with Crippen molar-refractivity contribution >= 4 is 31.0 Å². The SMILES string of the molecule is PN1C#CCCc2ccc(Br)cc21. The van der Waals surface area contributed by atoms with Crippen LogP contribution in [0.1, 0.15) is 12.0 Å². The Balaban J connectivity index is 2.51. The van der Waals surface area contributed by atoms with E-state index in [0.717, 1.165) is 17.3 Å². The van der Waals surface area contributed by atoms with Gasteiger partial charge in [-0.25, -0.2) is 0 Å².